The summed E-state index contributed by atoms with van der Waals surface area (Å²) in [6, 6.07) is 9.62. The van der Waals surface area contributed by atoms with Crippen LogP contribution in [0.25, 0.3) is 10.8 Å². The van der Waals surface area contributed by atoms with E-state index in [1.54, 1.807) is 17.9 Å². The fourth-order valence-electron chi connectivity index (χ4n) is 2.46. The lowest BCUT2D eigenvalue weighted by Gasteiger charge is -2.05. The maximum atomic E-state index is 12.6. The van der Waals surface area contributed by atoms with Crippen molar-refractivity contribution in [1.29, 1.82) is 0 Å². The van der Waals surface area contributed by atoms with Gasteiger partial charge < -0.3 is 0 Å². The van der Waals surface area contributed by atoms with Crippen molar-refractivity contribution in [2.24, 2.45) is 7.05 Å². The number of aromatic nitrogens is 3. The standard InChI is InChI=1S/C16H14ClN3O/c1-10-13(16(17)20(2)19-10)9-14(21)15-12-6-4-3-5-11(12)7-8-18-15/h3-8H,9H2,1-2H3. The number of Topliss-reactive ketones (excluding diaryl/α,β-unsaturated/α-hetero) is 1. The average molecular weight is 300 g/mol. The van der Waals surface area contributed by atoms with E-state index in [0.717, 1.165) is 22.0 Å². The van der Waals surface area contributed by atoms with Crippen LogP contribution in [0, 0.1) is 6.92 Å². The predicted molar refractivity (Wildman–Crippen MR) is 82.7 cm³/mol. The van der Waals surface area contributed by atoms with Gasteiger partial charge in [0.05, 0.1) is 5.69 Å². The van der Waals surface area contributed by atoms with Crippen molar-refractivity contribution in [3.05, 3.63) is 58.6 Å². The molecule has 4 nitrogen and oxygen atoms in total. The van der Waals surface area contributed by atoms with E-state index in [4.69, 9.17) is 11.6 Å². The van der Waals surface area contributed by atoms with Crippen molar-refractivity contribution >= 4 is 28.2 Å². The molecule has 106 valence electrons. The second-order valence-electron chi connectivity index (χ2n) is 4.96. The lowest BCUT2D eigenvalue weighted by molar-refractivity contribution is 0.0990. The van der Waals surface area contributed by atoms with E-state index >= 15 is 0 Å². The molecule has 0 unspecified atom stereocenters. The normalized spacial score (nSPS) is 11.0. The summed E-state index contributed by atoms with van der Waals surface area (Å²) in [5.41, 5.74) is 2.02. The summed E-state index contributed by atoms with van der Waals surface area (Å²) >= 11 is 6.19. The number of carbonyl (C=O) groups excluding carboxylic acids is 1. The van der Waals surface area contributed by atoms with Gasteiger partial charge in [-0.2, -0.15) is 5.10 Å². The Hall–Kier alpha value is -2.20. The fraction of sp³-hybridized carbons (Fsp3) is 0.188. The summed E-state index contributed by atoms with van der Waals surface area (Å²) in [5, 5.41) is 6.60. The van der Waals surface area contributed by atoms with Crippen LogP contribution in [-0.4, -0.2) is 20.5 Å². The number of halogens is 1. The van der Waals surface area contributed by atoms with E-state index in [9.17, 15) is 4.79 Å². The molecule has 1 aromatic carbocycles. The fourth-order valence-corrected chi connectivity index (χ4v) is 2.70. The minimum absolute atomic E-state index is 0.0511. The first-order valence-electron chi connectivity index (χ1n) is 6.63. The molecule has 2 heterocycles. The van der Waals surface area contributed by atoms with Crippen LogP contribution in [0.4, 0.5) is 0 Å². The number of hydrogen-bond donors (Lipinski definition) is 0. The third-order valence-electron chi connectivity index (χ3n) is 3.54. The van der Waals surface area contributed by atoms with E-state index in [1.165, 1.54) is 0 Å². The number of hydrogen-bond acceptors (Lipinski definition) is 3. The average Bonchev–Trinajstić information content (AvgIpc) is 2.73. The molecule has 0 aliphatic carbocycles. The first-order chi connectivity index (χ1) is 10.1. The van der Waals surface area contributed by atoms with Gasteiger partial charge in [-0.3, -0.25) is 14.5 Å². The van der Waals surface area contributed by atoms with Crippen LogP contribution in [0.5, 0.6) is 0 Å². The SMILES string of the molecule is Cc1nn(C)c(Cl)c1CC(=O)c1nccc2ccccc12. The largest absolute Gasteiger partial charge is 0.292 e. The molecular weight excluding hydrogens is 286 g/mol. The molecular formula is C16H14ClN3O. The first-order valence-corrected chi connectivity index (χ1v) is 7.00. The Morgan fingerprint density at radius 1 is 1.29 bits per heavy atom. The Labute approximate surface area is 127 Å². The van der Waals surface area contributed by atoms with E-state index in [1.807, 2.05) is 37.3 Å². The maximum Gasteiger partial charge on any atom is 0.186 e. The smallest absolute Gasteiger partial charge is 0.186 e. The van der Waals surface area contributed by atoms with E-state index in [-0.39, 0.29) is 12.2 Å². The van der Waals surface area contributed by atoms with Gasteiger partial charge in [0.25, 0.3) is 0 Å². The Morgan fingerprint density at radius 2 is 2.05 bits per heavy atom. The topological polar surface area (TPSA) is 47.8 Å². The summed E-state index contributed by atoms with van der Waals surface area (Å²) in [7, 11) is 1.76. The molecule has 0 spiro atoms. The number of pyridine rings is 1. The number of fused-ring (bicyclic) bond motifs is 1. The van der Waals surface area contributed by atoms with Gasteiger partial charge in [-0.25, -0.2) is 0 Å². The molecule has 21 heavy (non-hydrogen) atoms. The van der Waals surface area contributed by atoms with Crippen molar-refractivity contribution in [2.75, 3.05) is 0 Å². The van der Waals surface area contributed by atoms with Crippen LogP contribution in [0.3, 0.4) is 0 Å². The highest BCUT2D eigenvalue weighted by molar-refractivity contribution is 6.30. The molecule has 0 atom stereocenters. The Balaban J connectivity index is 2.02. The summed E-state index contributed by atoms with van der Waals surface area (Å²) in [4.78, 5) is 16.8. The molecule has 0 radical (unpaired) electrons. The van der Waals surface area contributed by atoms with Gasteiger partial charge in [0.15, 0.2) is 5.78 Å². The predicted octanol–water partition coefficient (Wildman–Crippen LogP) is 3.36. The van der Waals surface area contributed by atoms with Crippen LogP contribution < -0.4 is 0 Å². The van der Waals surface area contributed by atoms with E-state index < -0.39 is 0 Å². The minimum atomic E-state index is -0.0511. The van der Waals surface area contributed by atoms with Crippen LogP contribution in [0.1, 0.15) is 21.7 Å². The van der Waals surface area contributed by atoms with Crippen LogP contribution in [-0.2, 0) is 13.5 Å². The number of carbonyl (C=O) groups is 1. The molecule has 0 bridgehead atoms. The third-order valence-corrected chi connectivity index (χ3v) is 4.02. The molecule has 0 aliphatic rings. The number of ketones is 1. The molecule has 3 aromatic rings. The summed E-state index contributed by atoms with van der Waals surface area (Å²) in [5.74, 6) is -0.0511. The summed E-state index contributed by atoms with van der Waals surface area (Å²) < 4.78 is 1.58. The third kappa shape index (κ3) is 2.43. The van der Waals surface area contributed by atoms with Gasteiger partial charge in [0, 0.05) is 30.6 Å². The molecule has 3 rings (SSSR count). The Bertz CT molecular complexity index is 833. The molecule has 5 heteroatoms. The van der Waals surface area contributed by atoms with Gasteiger partial charge >= 0.3 is 0 Å². The van der Waals surface area contributed by atoms with Crippen molar-refractivity contribution in [1.82, 2.24) is 14.8 Å². The monoisotopic (exact) mass is 299 g/mol. The highest BCUT2D eigenvalue weighted by Gasteiger charge is 2.18. The van der Waals surface area contributed by atoms with Gasteiger partial charge in [0.1, 0.15) is 10.8 Å². The van der Waals surface area contributed by atoms with Gasteiger partial charge in [-0.1, -0.05) is 35.9 Å². The zero-order valence-electron chi connectivity index (χ0n) is 11.8. The quantitative estimate of drug-likeness (QED) is 0.697. The molecule has 0 saturated heterocycles. The van der Waals surface area contributed by atoms with Gasteiger partial charge in [-0.05, 0) is 18.4 Å². The van der Waals surface area contributed by atoms with Crippen molar-refractivity contribution in [2.45, 2.75) is 13.3 Å². The van der Waals surface area contributed by atoms with Crippen molar-refractivity contribution < 1.29 is 4.79 Å². The van der Waals surface area contributed by atoms with Crippen LogP contribution in [0.15, 0.2) is 36.5 Å². The first kappa shape index (κ1) is 13.8. The zero-order chi connectivity index (χ0) is 15.0. The Kier molecular flexibility index (Phi) is 3.47. The number of benzene rings is 1. The van der Waals surface area contributed by atoms with Crippen LogP contribution >= 0.6 is 11.6 Å². The van der Waals surface area contributed by atoms with Gasteiger partial charge in [0.2, 0.25) is 0 Å². The minimum Gasteiger partial charge on any atom is -0.292 e. The molecule has 0 N–H and O–H groups in total. The van der Waals surface area contributed by atoms with Crippen molar-refractivity contribution in [3.8, 4) is 0 Å². The number of aryl methyl sites for hydroxylation is 2. The molecule has 0 saturated carbocycles. The van der Waals surface area contributed by atoms with Crippen molar-refractivity contribution in [3.63, 3.8) is 0 Å². The molecule has 0 fully saturated rings. The highest BCUT2D eigenvalue weighted by atomic mass is 35.5. The second-order valence-corrected chi connectivity index (χ2v) is 5.32. The van der Waals surface area contributed by atoms with E-state index in [2.05, 4.69) is 10.1 Å². The molecule has 0 aliphatic heterocycles. The zero-order valence-corrected chi connectivity index (χ0v) is 12.6. The summed E-state index contributed by atoms with van der Waals surface area (Å²) in [6.07, 6.45) is 1.87. The molecule has 0 amide bonds. The lowest BCUT2D eigenvalue weighted by atomic mass is 10.0. The highest BCUT2D eigenvalue weighted by Crippen LogP contribution is 2.23. The van der Waals surface area contributed by atoms with Crippen LogP contribution in [0.2, 0.25) is 5.15 Å². The van der Waals surface area contributed by atoms with Gasteiger partial charge in [-0.15, -0.1) is 0 Å². The Morgan fingerprint density at radius 3 is 2.76 bits per heavy atom. The van der Waals surface area contributed by atoms with E-state index in [0.29, 0.717) is 10.8 Å². The number of nitrogens with zero attached hydrogens (tertiary/aromatic N) is 3. The maximum absolute atomic E-state index is 12.6. The molecule has 2 aromatic heterocycles. The number of rotatable bonds is 3. The summed E-state index contributed by atoms with van der Waals surface area (Å²) in [6.45, 7) is 1.85. The second kappa shape index (κ2) is 5.30. The lowest BCUT2D eigenvalue weighted by Crippen LogP contribution is -2.07.